The van der Waals surface area contributed by atoms with E-state index in [1.807, 2.05) is 30.3 Å². The van der Waals surface area contributed by atoms with E-state index >= 15 is 0 Å². The highest BCUT2D eigenvalue weighted by molar-refractivity contribution is 7.93. The number of anilines is 3. The molecule has 2 aromatic heterocycles. The Hall–Kier alpha value is -3.63. The van der Waals surface area contributed by atoms with E-state index in [9.17, 15) is 8.42 Å². The van der Waals surface area contributed by atoms with Gasteiger partial charge >= 0.3 is 0 Å². The molecule has 0 spiro atoms. The summed E-state index contributed by atoms with van der Waals surface area (Å²) in [7, 11) is -4.00. The first kappa shape index (κ1) is 22.2. The van der Waals surface area contributed by atoms with E-state index in [1.54, 1.807) is 18.2 Å². The van der Waals surface area contributed by atoms with Gasteiger partial charge in [0.1, 0.15) is 15.9 Å². The van der Waals surface area contributed by atoms with E-state index < -0.39 is 10.0 Å². The van der Waals surface area contributed by atoms with Gasteiger partial charge in [-0.2, -0.15) is 8.75 Å². The molecule has 34 heavy (non-hydrogen) atoms. The van der Waals surface area contributed by atoms with Gasteiger partial charge in [0.05, 0.1) is 22.8 Å². The number of nitrogens with one attached hydrogen (secondary N) is 2. The van der Waals surface area contributed by atoms with Gasteiger partial charge in [0.2, 0.25) is 0 Å². The van der Waals surface area contributed by atoms with Gasteiger partial charge in [-0.1, -0.05) is 44.2 Å². The number of fused-ring (bicyclic) bond motifs is 2. The summed E-state index contributed by atoms with van der Waals surface area (Å²) < 4.78 is 37.6. The van der Waals surface area contributed by atoms with Crippen molar-refractivity contribution in [3.63, 3.8) is 0 Å². The predicted molar refractivity (Wildman–Crippen MR) is 136 cm³/mol. The molecule has 0 aliphatic carbocycles. The van der Waals surface area contributed by atoms with Crippen LogP contribution in [-0.4, -0.2) is 27.1 Å². The van der Waals surface area contributed by atoms with Gasteiger partial charge in [0, 0.05) is 5.69 Å². The van der Waals surface area contributed by atoms with E-state index in [-0.39, 0.29) is 10.7 Å². The highest BCUT2D eigenvalue weighted by Gasteiger charge is 2.23. The summed E-state index contributed by atoms with van der Waals surface area (Å²) in [5.74, 6) is 0.867. The van der Waals surface area contributed by atoms with Gasteiger partial charge in [-0.3, -0.25) is 4.72 Å². The average molecular weight is 491 g/mol. The zero-order valence-electron chi connectivity index (χ0n) is 18.6. The minimum absolute atomic E-state index is 0.0394. The summed E-state index contributed by atoms with van der Waals surface area (Å²) in [6.45, 7) is 4.34. The fraction of sp³-hybridized carbons (Fsp3) is 0.167. The molecule has 5 rings (SSSR count). The second-order valence-corrected chi connectivity index (χ2v) is 10.1. The SMILES string of the molecule is CC[C@@H](C)c1ccc(Nc2nc3ccccc3nc2NS(=O)(=O)c2cccc3nsnc23)cc1. The van der Waals surface area contributed by atoms with Crippen molar-refractivity contribution < 1.29 is 8.42 Å². The Balaban J connectivity index is 1.55. The molecule has 2 heterocycles. The first-order chi connectivity index (χ1) is 16.4. The third-order valence-corrected chi connectivity index (χ3v) is 7.61. The fourth-order valence-electron chi connectivity index (χ4n) is 3.61. The third-order valence-electron chi connectivity index (χ3n) is 5.69. The number of hydrogen-bond acceptors (Lipinski definition) is 8. The molecule has 0 saturated heterocycles. The Morgan fingerprint density at radius 1 is 0.853 bits per heavy atom. The quantitative estimate of drug-likeness (QED) is 0.301. The monoisotopic (exact) mass is 490 g/mol. The first-order valence-corrected chi connectivity index (χ1v) is 13.0. The largest absolute Gasteiger partial charge is 0.337 e. The van der Waals surface area contributed by atoms with Crippen LogP contribution in [0.5, 0.6) is 0 Å². The molecular weight excluding hydrogens is 468 g/mol. The van der Waals surface area contributed by atoms with Crippen molar-refractivity contribution in [3.05, 3.63) is 72.3 Å². The number of para-hydroxylation sites is 2. The van der Waals surface area contributed by atoms with Gasteiger partial charge in [-0.25, -0.2) is 18.4 Å². The molecule has 0 radical (unpaired) electrons. The lowest BCUT2D eigenvalue weighted by Gasteiger charge is -2.15. The summed E-state index contributed by atoms with van der Waals surface area (Å²) in [4.78, 5) is 9.25. The van der Waals surface area contributed by atoms with Gasteiger partial charge in [-0.05, 0) is 54.3 Å². The zero-order chi connectivity index (χ0) is 23.7. The van der Waals surface area contributed by atoms with Crippen LogP contribution in [0.2, 0.25) is 0 Å². The van der Waals surface area contributed by atoms with Crippen molar-refractivity contribution in [1.82, 2.24) is 18.7 Å². The van der Waals surface area contributed by atoms with Crippen LogP contribution in [0.1, 0.15) is 31.7 Å². The summed E-state index contributed by atoms with van der Waals surface area (Å²) in [6.07, 6.45) is 1.05. The minimum Gasteiger partial charge on any atom is -0.337 e. The number of benzene rings is 3. The minimum atomic E-state index is -4.00. The molecule has 0 saturated carbocycles. The van der Waals surface area contributed by atoms with E-state index in [1.165, 1.54) is 11.6 Å². The van der Waals surface area contributed by atoms with Gasteiger partial charge in [0.15, 0.2) is 11.6 Å². The Kier molecular flexibility index (Phi) is 5.84. The van der Waals surface area contributed by atoms with Crippen LogP contribution in [0.15, 0.2) is 71.6 Å². The maximum atomic E-state index is 13.3. The van der Waals surface area contributed by atoms with E-state index in [0.29, 0.717) is 33.8 Å². The summed E-state index contributed by atoms with van der Waals surface area (Å²) >= 11 is 0.968. The van der Waals surface area contributed by atoms with Crippen LogP contribution in [0.4, 0.5) is 17.3 Å². The summed E-state index contributed by atoms with van der Waals surface area (Å²) in [5, 5.41) is 3.23. The Labute approximate surface area is 201 Å². The number of hydrogen-bond donors (Lipinski definition) is 2. The standard InChI is InChI=1S/C24H22N6O2S2/c1-3-15(2)16-11-13-17(14-12-16)25-23-24(27-19-8-5-4-7-18(19)26-23)30-34(31,32)21-10-6-9-20-22(21)29-33-28-20/h4-15H,3H2,1-2H3,(H,25,26)(H,27,30)/t15-/m1/s1. The van der Waals surface area contributed by atoms with Gasteiger partial charge < -0.3 is 5.32 Å². The smallest absolute Gasteiger partial charge is 0.265 e. The van der Waals surface area contributed by atoms with Crippen molar-refractivity contribution in [2.75, 3.05) is 10.0 Å². The molecule has 3 aromatic carbocycles. The molecule has 0 aliphatic heterocycles. The highest BCUT2D eigenvalue weighted by atomic mass is 32.2. The van der Waals surface area contributed by atoms with Crippen molar-refractivity contribution in [2.24, 2.45) is 0 Å². The van der Waals surface area contributed by atoms with Crippen molar-refractivity contribution in [3.8, 4) is 0 Å². The van der Waals surface area contributed by atoms with Crippen LogP contribution >= 0.6 is 11.7 Å². The van der Waals surface area contributed by atoms with Crippen LogP contribution in [0.25, 0.3) is 22.1 Å². The normalized spacial score (nSPS) is 12.6. The lowest BCUT2D eigenvalue weighted by atomic mass is 9.99. The Morgan fingerprint density at radius 3 is 2.24 bits per heavy atom. The second kappa shape index (κ2) is 8.96. The van der Waals surface area contributed by atoms with E-state index in [4.69, 9.17) is 0 Å². The lowest BCUT2D eigenvalue weighted by Crippen LogP contribution is -2.16. The molecule has 0 bridgehead atoms. The summed E-state index contributed by atoms with van der Waals surface area (Å²) in [6, 6.07) is 20.2. The molecule has 2 N–H and O–H groups in total. The van der Waals surface area contributed by atoms with Crippen LogP contribution in [0.3, 0.4) is 0 Å². The summed E-state index contributed by atoms with van der Waals surface area (Å²) in [5.41, 5.74) is 4.09. The predicted octanol–water partition coefficient (Wildman–Crippen LogP) is 5.69. The van der Waals surface area contributed by atoms with Crippen LogP contribution < -0.4 is 10.0 Å². The first-order valence-electron chi connectivity index (χ1n) is 10.8. The highest BCUT2D eigenvalue weighted by Crippen LogP contribution is 2.29. The molecule has 8 nitrogen and oxygen atoms in total. The molecule has 10 heteroatoms. The zero-order valence-corrected chi connectivity index (χ0v) is 20.2. The van der Waals surface area contributed by atoms with Gasteiger partial charge in [-0.15, -0.1) is 0 Å². The van der Waals surface area contributed by atoms with Gasteiger partial charge in [0.25, 0.3) is 10.0 Å². The molecule has 0 unspecified atom stereocenters. The second-order valence-electron chi connectivity index (χ2n) is 7.96. The maximum Gasteiger partial charge on any atom is 0.265 e. The molecule has 0 amide bonds. The number of rotatable bonds is 7. The third kappa shape index (κ3) is 4.29. The topological polar surface area (TPSA) is 110 Å². The average Bonchev–Trinajstić information content (AvgIpc) is 3.33. The van der Waals surface area contributed by atoms with Crippen LogP contribution in [0, 0.1) is 0 Å². The fourth-order valence-corrected chi connectivity index (χ4v) is 5.38. The molecule has 0 aliphatic rings. The Morgan fingerprint density at radius 2 is 1.53 bits per heavy atom. The number of nitrogens with zero attached hydrogens (tertiary/aromatic N) is 4. The van der Waals surface area contributed by atoms with Crippen molar-refractivity contribution >= 4 is 61.1 Å². The molecular formula is C24H22N6O2S2. The van der Waals surface area contributed by atoms with Crippen molar-refractivity contribution in [1.29, 1.82) is 0 Å². The molecule has 1 atom stereocenters. The lowest BCUT2D eigenvalue weighted by molar-refractivity contribution is 0.602. The molecule has 5 aromatic rings. The van der Waals surface area contributed by atoms with Crippen LogP contribution in [-0.2, 0) is 10.0 Å². The number of aromatic nitrogens is 4. The Bertz CT molecular complexity index is 1580. The van der Waals surface area contributed by atoms with Crippen molar-refractivity contribution in [2.45, 2.75) is 31.1 Å². The molecule has 172 valence electrons. The number of sulfonamides is 1. The van der Waals surface area contributed by atoms with E-state index in [0.717, 1.165) is 23.8 Å². The molecule has 0 fully saturated rings. The maximum absolute atomic E-state index is 13.3. The van der Waals surface area contributed by atoms with E-state index in [2.05, 4.69) is 54.7 Å².